The molecule has 1 aliphatic heterocycles. The predicted molar refractivity (Wildman–Crippen MR) is 70.1 cm³/mol. The van der Waals surface area contributed by atoms with E-state index in [0.29, 0.717) is 11.7 Å². The van der Waals surface area contributed by atoms with Crippen molar-refractivity contribution in [3.63, 3.8) is 0 Å². The zero-order chi connectivity index (χ0) is 13.2. The first kappa shape index (κ1) is 13.0. The van der Waals surface area contributed by atoms with Gasteiger partial charge in [0.15, 0.2) is 0 Å². The van der Waals surface area contributed by atoms with Crippen molar-refractivity contribution in [1.82, 2.24) is 14.9 Å². The van der Waals surface area contributed by atoms with Gasteiger partial charge in [-0.2, -0.15) is 5.26 Å². The molecule has 18 heavy (non-hydrogen) atoms. The van der Waals surface area contributed by atoms with E-state index in [1.165, 1.54) is 12.8 Å². The van der Waals surface area contributed by atoms with E-state index in [9.17, 15) is 0 Å². The van der Waals surface area contributed by atoms with Crippen LogP contribution in [-0.2, 0) is 5.41 Å². The van der Waals surface area contributed by atoms with Gasteiger partial charge in [-0.25, -0.2) is 9.97 Å². The summed E-state index contributed by atoms with van der Waals surface area (Å²) in [5, 5.41) is 9.15. The molecule has 0 aromatic carbocycles. The second kappa shape index (κ2) is 5.03. The number of aromatic nitrogens is 2. The van der Waals surface area contributed by atoms with Gasteiger partial charge in [0, 0.05) is 24.4 Å². The summed E-state index contributed by atoms with van der Waals surface area (Å²) in [6.45, 7) is 5.93. The number of hydrogen-bond acceptors (Lipinski definition) is 4. The van der Waals surface area contributed by atoms with Crippen molar-refractivity contribution in [2.45, 2.75) is 38.0 Å². The van der Waals surface area contributed by atoms with Gasteiger partial charge in [0.05, 0.1) is 6.07 Å². The van der Waals surface area contributed by atoms with E-state index in [4.69, 9.17) is 5.26 Å². The highest BCUT2D eigenvalue weighted by Gasteiger charge is 2.26. The van der Waals surface area contributed by atoms with Crippen molar-refractivity contribution in [2.24, 2.45) is 0 Å². The Labute approximate surface area is 109 Å². The van der Waals surface area contributed by atoms with E-state index >= 15 is 0 Å². The van der Waals surface area contributed by atoms with Crippen molar-refractivity contribution < 1.29 is 0 Å². The highest BCUT2D eigenvalue weighted by molar-refractivity contribution is 5.20. The number of nitrogens with zero attached hydrogens (tertiary/aromatic N) is 4. The topological polar surface area (TPSA) is 52.8 Å². The minimum Gasteiger partial charge on any atom is -0.306 e. The monoisotopic (exact) mass is 244 g/mol. The molecule has 4 nitrogen and oxygen atoms in total. The first-order valence-corrected chi connectivity index (χ1v) is 6.46. The summed E-state index contributed by atoms with van der Waals surface area (Å²) >= 11 is 0. The lowest BCUT2D eigenvalue weighted by atomic mass is 9.92. The molecule has 1 saturated heterocycles. The van der Waals surface area contributed by atoms with E-state index < -0.39 is 5.41 Å². The first-order chi connectivity index (χ1) is 8.53. The van der Waals surface area contributed by atoms with E-state index in [1.807, 2.05) is 19.9 Å². The van der Waals surface area contributed by atoms with Gasteiger partial charge in [0.25, 0.3) is 0 Å². The van der Waals surface area contributed by atoms with Crippen LogP contribution in [0.1, 0.15) is 44.1 Å². The highest BCUT2D eigenvalue weighted by atomic mass is 15.1. The van der Waals surface area contributed by atoms with Crippen molar-refractivity contribution >= 4 is 0 Å². The molecule has 0 radical (unpaired) electrons. The quantitative estimate of drug-likeness (QED) is 0.799. The van der Waals surface area contributed by atoms with Gasteiger partial charge in [0.1, 0.15) is 11.2 Å². The average Bonchev–Trinajstić information content (AvgIpc) is 2.39. The molecule has 1 atom stereocenters. The Morgan fingerprint density at radius 1 is 1.50 bits per heavy atom. The van der Waals surface area contributed by atoms with Gasteiger partial charge in [-0.15, -0.1) is 0 Å². The smallest absolute Gasteiger partial charge is 0.148 e. The van der Waals surface area contributed by atoms with Crippen molar-refractivity contribution in [1.29, 1.82) is 5.26 Å². The molecule has 96 valence electrons. The number of nitriles is 1. The molecule has 2 heterocycles. The van der Waals surface area contributed by atoms with Gasteiger partial charge in [-0.1, -0.05) is 0 Å². The molecule has 1 aliphatic rings. The maximum atomic E-state index is 9.15. The molecule has 0 aliphatic carbocycles. The van der Waals surface area contributed by atoms with Gasteiger partial charge < -0.3 is 4.90 Å². The Kier molecular flexibility index (Phi) is 3.63. The van der Waals surface area contributed by atoms with Crippen LogP contribution in [0.25, 0.3) is 0 Å². The average molecular weight is 244 g/mol. The Morgan fingerprint density at radius 2 is 2.28 bits per heavy atom. The van der Waals surface area contributed by atoms with E-state index in [0.717, 1.165) is 18.8 Å². The predicted octanol–water partition coefficient (Wildman–Crippen LogP) is 2.09. The van der Waals surface area contributed by atoms with Crippen molar-refractivity contribution in [2.75, 3.05) is 20.1 Å². The number of likely N-dealkylation sites (tertiary alicyclic amines) is 1. The molecule has 4 heteroatoms. The van der Waals surface area contributed by atoms with E-state index in [2.05, 4.69) is 28.0 Å². The summed E-state index contributed by atoms with van der Waals surface area (Å²) in [4.78, 5) is 11.2. The Bertz CT molecular complexity index is 461. The number of likely N-dealkylation sites (N-methyl/N-ethyl adjacent to an activating group) is 1. The molecule has 0 saturated carbocycles. The lowest BCUT2D eigenvalue weighted by molar-refractivity contribution is 0.248. The van der Waals surface area contributed by atoms with Crippen LogP contribution < -0.4 is 0 Å². The largest absolute Gasteiger partial charge is 0.306 e. The van der Waals surface area contributed by atoms with Crippen LogP contribution in [0.3, 0.4) is 0 Å². The lowest BCUT2D eigenvalue weighted by Crippen LogP contribution is -2.31. The van der Waals surface area contributed by atoms with Gasteiger partial charge in [-0.05, 0) is 46.3 Å². The number of piperidine rings is 1. The molecule has 1 unspecified atom stereocenters. The maximum absolute atomic E-state index is 9.15. The van der Waals surface area contributed by atoms with E-state index in [-0.39, 0.29) is 0 Å². The maximum Gasteiger partial charge on any atom is 0.148 e. The number of hydrogen-bond donors (Lipinski definition) is 0. The molecule has 1 aromatic heterocycles. The molecule has 2 rings (SSSR count). The SMILES string of the molecule is CN1CCCC(c2ccnc(C(C)(C)C#N)n2)C1. The number of rotatable bonds is 2. The summed E-state index contributed by atoms with van der Waals surface area (Å²) < 4.78 is 0. The molecular formula is C14H20N4. The second-order valence-electron chi connectivity index (χ2n) is 5.64. The molecule has 0 bridgehead atoms. The third kappa shape index (κ3) is 2.68. The van der Waals surface area contributed by atoms with Crippen LogP contribution in [-0.4, -0.2) is 35.0 Å². The molecule has 1 fully saturated rings. The minimum absolute atomic E-state index is 0.472. The van der Waals surface area contributed by atoms with Crippen LogP contribution in [0.2, 0.25) is 0 Å². The summed E-state index contributed by atoms with van der Waals surface area (Å²) in [6.07, 6.45) is 4.17. The van der Waals surface area contributed by atoms with Gasteiger partial charge in [0.2, 0.25) is 0 Å². The van der Waals surface area contributed by atoms with Crippen LogP contribution in [0.15, 0.2) is 12.3 Å². The van der Waals surface area contributed by atoms with Crippen LogP contribution >= 0.6 is 0 Å². The fourth-order valence-electron chi connectivity index (χ4n) is 2.36. The summed E-state index contributed by atoms with van der Waals surface area (Å²) in [6, 6.07) is 4.25. The van der Waals surface area contributed by atoms with Crippen LogP contribution in [0.4, 0.5) is 0 Å². The molecule has 0 amide bonds. The lowest BCUT2D eigenvalue weighted by Gasteiger charge is -2.29. The Balaban J connectivity index is 2.25. The Hall–Kier alpha value is -1.47. The molecule has 0 spiro atoms. The van der Waals surface area contributed by atoms with Crippen molar-refractivity contribution in [3.05, 3.63) is 23.8 Å². The normalized spacial score (nSPS) is 21.6. The highest BCUT2D eigenvalue weighted by Crippen LogP contribution is 2.26. The zero-order valence-corrected chi connectivity index (χ0v) is 11.3. The summed E-state index contributed by atoms with van der Waals surface area (Å²) in [7, 11) is 2.15. The summed E-state index contributed by atoms with van der Waals surface area (Å²) in [5.41, 5.74) is 0.464. The molecular weight excluding hydrogens is 224 g/mol. The van der Waals surface area contributed by atoms with Gasteiger partial charge in [-0.3, -0.25) is 0 Å². The summed E-state index contributed by atoms with van der Waals surface area (Å²) in [5.74, 6) is 1.11. The fraction of sp³-hybridized carbons (Fsp3) is 0.643. The molecule has 1 aromatic rings. The van der Waals surface area contributed by atoms with Gasteiger partial charge >= 0.3 is 0 Å². The molecule has 0 N–H and O–H groups in total. The second-order valence-corrected chi connectivity index (χ2v) is 5.64. The third-order valence-electron chi connectivity index (χ3n) is 3.56. The van der Waals surface area contributed by atoms with Crippen LogP contribution in [0.5, 0.6) is 0 Å². The zero-order valence-electron chi connectivity index (χ0n) is 11.3. The third-order valence-corrected chi connectivity index (χ3v) is 3.56. The fourth-order valence-corrected chi connectivity index (χ4v) is 2.36. The first-order valence-electron chi connectivity index (χ1n) is 6.46. The van der Waals surface area contributed by atoms with E-state index in [1.54, 1.807) is 6.20 Å². The van der Waals surface area contributed by atoms with Crippen LogP contribution in [0, 0.1) is 11.3 Å². The Morgan fingerprint density at radius 3 is 2.94 bits per heavy atom. The minimum atomic E-state index is -0.615. The van der Waals surface area contributed by atoms with Crippen molar-refractivity contribution in [3.8, 4) is 6.07 Å². The standard InChI is InChI=1S/C14H20N4/c1-14(2,10-15)13-16-7-6-12(17-13)11-5-4-8-18(3)9-11/h6-7,11H,4-5,8-9H2,1-3H3.